The molecule has 1 heterocycles. The topological polar surface area (TPSA) is 85.0 Å². The molecule has 2 unspecified atom stereocenters. The van der Waals surface area contributed by atoms with E-state index >= 15 is 0 Å². The number of rotatable bonds is 4. The Bertz CT molecular complexity index is 728. The van der Waals surface area contributed by atoms with Crippen LogP contribution in [-0.4, -0.2) is 21.2 Å². The SMILES string of the molecule is Cl.Cn1cc(Nc2cccc(NC(=O)C3CCCCC3(C)N)c2)cn1. The van der Waals surface area contributed by atoms with Crippen LogP contribution in [0.2, 0.25) is 0 Å². The van der Waals surface area contributed by atoms with Crippen LogP contribution in [0.1, 0.15) is 32.6 Å². The molecule has 1 aliphatic rings. The number of amides is 1. The van der Waals surface area contributed by atoms with E-state index in [1.54, 1.807) is 10.9 Å². The van der Waals surface area contributed by atoms with Crippen molar-refractivity contribution < 1.29 is 4.79 Å². The number of anilines is 3. The molecule has 6 nitrogen and oxygen atoms in total. The zero-order chi connectivity index (χ0) is 17.2. The largest absolute Gasteiger partial charge is 0.353 e. The Labute approximate surface area is 154 Å². The smallest absolute Gasteiger partial charge is 0.229 e. The minimum absolute atomic E-state index is 0. The van der Waals surface area contributed by atoms with Crippen LogP contribution in [0.25, 0.3) is 0 Å². The van der Waals surface area contributed by atoms with Crippen molar-refractivity contribution in [2.75, 3.05) is 10.6 Å². The first kappa shape index (κ1) is 19.3. The fraction of sp³-hybridized carbons (Fsp3) is 0.444. The lowest BCUT2D eigenvalue weighted by Gasteiger charge is -2.37. The molecular weight excluding hydrogens is 338 g/mol. The molecule has 1 saturated carbocycles. The van der Waals surface area contributed by atoms with Crippen molar-refractivity contribution in [2.24, 2.45) is 18.7 Å². The zero-order valence-corrected chi connectivity index (χ0v) is 15.5. The van der Waals surface area contributed by atoms with Crippen LogP contribution in [0.5, 0.6) is 0 Å². The van der Waals surface area contributed by atoms with Crippen LogP contribution in [0, 0.1) is 5.92 Å². The van der Waals surface area contributed by atoms with Crippen LogP contribution in [0.15, 0.2) is 36.7 Å². The van der Waals surface area contributed by atoms with Crippen molar-refractivity contribution >= 4 is 35.4 Å². The Balaban J connectivity index is 0.00000225. The fourth-order valence-corrected chi connectivity index (χ4v) is 3.35. The molecule has 1 fully saturated rings. The maximum Gasteiger partial charge on any atom is 0.229 e. The highest BCUT2D eigenvalue weighted by Crippen LogP contribution is 2.32. The van der Waals surface area contributed by atoms with Gasteiger partial charge in [-0.25, -0.2) is 0 Å². The predicted octanol–water partition coefficient (Wildman–Crippen LogP) is 3.43. The molecule has 4 N–H and O–H groups in total. The van der Waals surface area contributed by atoms with Crippen LogP contribution in [-0.2, 0) is 11.8 Å². The molecule has 2 atom stereocenters. The summed E-state index contributed by atoms with van der Waals surface area (Å²) in [5.74, 6) is -0.126. The number of benzene rings is 1. The molecule has 0 saturated heterocycles. The lowest BCUT2D eigenvalue weighted by Crippen LogP contribution is -2.51. The van der Waals surface area contributed by atoms with Crippen LogP contribution >= 0.6 is 12.4 Å². The third-order valence-corrected chi connectivity index (χ3v) is 4.69. The van der Waals surface area contributed by atoms with E-state index in [1.807, 2.05) is 44.4 Å². The quantitative estimate of drug-likeness (QED) is 0.776. The Kier molecular flexibility index (Phi) is 6.08. The maximum absolute atomic E-state index is 12.6. The van der Waals surface area contributed by atoms with E-state index in [0.29, 0.717) is 0 Å². The molecule has 7 heteroatoms. The summed E-state index contributed by atoms with van der Waals surface area (Å²) in [6.45, 7) is 1.98. The molecule has 1 aromatic heterocycles. The average molecular weight is 364 g/mol. The molecule has 0 bridgehead atoms. The number of nitrogens with zero attached hydrogens (tertiary/aromatic N) is 2. The van der Waals surface area contributed by atoms with Gasteiger partial charge in [0, 0.05) is 30.2 Å². The summed E-state index contributed by atoms with van der Waals surface area (Å²) in [5, 5.41) is 10.4. The first-order valence-electron chi connectivity index (χ1n) is 8.39. The van der Waals surface area contributed by atoms with E-state index in [1.165, 1.54) is 0 Å². The summed E-state index contributed by atoms with van der Waals surface area (Å²) < 4.78 is 1.74. The van der Waals surface area contributed by atoms with Gasteiger partial charge in [0.25, 0.3) is 0 Å². The molecule has 1 amide bonds. The van der Waals surface area contributed by atoms with Crippen LogP contribution in [0.3, 0.4) is 0 Å². The van der Waals surface area contributed by atoms with Crippen LogP contribution < -0.4 is 16.4 Å². The van der Waals surface area contributed by atoms with Gasteiger partial charge in [0.05, 0.1) is 17.8 Å². The first-order valence-corrected chi connectivity index (χ1v) is 8.39. The van der Waals surface area contributed by atoms with Gasteiger partial charge in [0.15, 0.2) is 0 Å². The highest BCUT2D eigenvalue weighted by atomic mass is 35.5. The van der Waals surface area contributed by atoms with Gasteiger partial charge in [-0.3, -0.25) is 9.48 Å². The number of carbonyl (C=O) groups is 1. The molecule has 3 rings (SSSR count). The maximum atomic E-state index is 12.6. The first-order chi connectivity index (χ1) is 11.4. The summed E-state index contributed by atoms with van der Waals surface area (Å²) >= 11 is 0. The van der Waals surface area contributed by atoms with Crippen molar-refractivity contribution in [1.29, 1.82) is 0 Å². The summed E-state index contributed by atoms with van der Waals surface area (Å²) in [6, 6.07) is 7.68. The lowest BCUT2D eigenvalue weighted by molar-refractivity contribution is -0.122. The number of halogens is 1. The van der Waals surface area contributed by atoms with E-state index in [-0.39, 0.29) is 24.2 Å². The van der Waals surface area contributed by atoms with Gasteiger partial charge in [-0.15, -0.1) is 12.4 Å². The Morgan fingerprint density at radius 3 is 2.76 bits per heavy atom. The van der Waals surface area contributed by atoms with Crippen molar-refractivity contribution in [3.05, 3.63) is 36.7 Å². The van der Waals surface area contributed by atoms with E-state index < -0.39 is 5.54 Å². The summed E-state index contributed by atoms with van der Waals surface area (Å²) in [4.78, 5) is 12.6. The molecule has 0 aliphatic heterocycles. The zero-order valence-electron chi connectivity index (χ0n) is 14.7. The number of nitrogens with two attached hydrogens (primary N) is 1. The van der Waals surface area contributed by atoms with Gasteiger partial charge < -0.3 is 16.4 Å². The molecule has 0 radical (unpaired) electrons. The predicted molar refractivity (Wildman–Crippen MR) is 103 cm³/mol. The Morgan fingerprint density at radius 1 is 1.32 bits per heavy atom. The van der Waals surface area contributed by atoms with E-state index in [2.05, 4.69) is 15.7 Å². The monoisotopic (exact) mass is 363 g/mol. The second kappa shape index (κ2) is 7.89. The van der Waals surface area contributed by atoms with Gasteiger partial charge >= 0.3 is 0 Å². The molecular formula is C18H26ClN5O. The third-order valence-electron chi connectivity index (χ3n) is 4.69. The van der Waals surface area contributed by atoms with E-state index in [0.717, 1.165) is 42.7 Å². The standard InChI is InChI=1S/C18H25N5O.ClH/c1-18(19)9-4-3-8-16(18)17(24)22-14-7-5-6-13(10-14)21-15-11-20-23(2)12-15;/h5-7,10-12,16,21H,3-4,8-9,19H2,1-2H3,(H,22,24);1H. The highest BCUT2D eigenvalue weighted by molar-refractivity contribution is 5.94. The molecule has 1 aromatic carbocycles. The van der Waals surface area contributed by atoms with Gasteiger partial charge in [0.1, 0.15) is 0 Å². The number of aromatic nitrogens is 2. The van der Waals surface area contributed by atoms with Crippen LogP contribution in [0.4, 0.5) is 17.1 Å². The number of hydrogen-bond acceptors (Lipinski definition) is 4. The number of hydrogen-bond donors (Lipinski definition) is 3. The van der Waals surface area contributed by atoms with Crippen molar-refractivity contribution in [3.63, 3.8) is 0 Å². The average Bonchev–Trinajstić information content (AvgIpc) is 2.92. The minimum Gasteiger partial charge on any atom is -0.353 e. The van der Waals surface area contributed by atoms with Crippen molar-refractivity contribution in [3.8, 4) is 0 Å². The minimum atomic E-state index is -0.423. The molecule has 0 spiro atoms. The second-order valence-corrected chi connectivity index (χ2v) is 6.90. The summed E-state index contributed by atoms with van der Waals surface area (Å²) in [7, 11) is 1.87. The number of nitrogens with one attached hydrogen (secondary N) is 2. The molecule has 2 aromatic rings. The second-order valence-electron chi connectivity index (χ2n) is 6.90. The Hall–Kier alpha value is -2.05. The molecule has 1 aliphatic carbocycles. The highest BCUT2D eigenvalue weighted by Gasteiger charge is 2.37. The number of aryl methyl sites for hydroxylation is 1. The van der Waals surface area contributed by atoms with Crippen molar-refractivity contribution in [2.45, 2.75) is 38.1 Å². The fourth-order valence-electron chi connectivity index (χ4n) is 3.35. The summed E-state index contributed by atoms with van der Waals surface area (Å²) in [6.07, 6.45) is 7.56. The third kappa shape index (κ3) is 4.74. The summed E-state index contributed by atoms with van der Waals surface area (Å²) in [5.41, 5.74) is 8.49. The van der Waals surface area contributed by atoms with E-state index in [4.69, 9.17) is 5.73 Å². The van der Waals surface area contributed by atoms with Gasteiger partial charge in [-0.2, -0.15) is 5.10 Å². The van der Waals surface area contributed by atoms with Gasteiger partial charge in [0.2, 0.25) is 5.91 Å². The normalized spacial score (nSPS) is 22.8. The molecule has 136 valence electrons. The van der Waals surface area contributed by atoms with Gasteiger partial charge in [-0.1, -0.05) is 18.9 Å². The lowest BCUT2D eigenvalue weighted by atomic mass is 9.74. The number of carbonyl (C=O) groups excluding carboxylic acids is 1. The van der Waals surface area contributed by atoms with E-state index in [9.17, 15) is 4.79 Å². The van der Waals surface area contributed by atoms with Crippen molar-refractivity contribution in [1.82, 2.24) is 9.78 Å². The Morgan fingerprint density at radius 2 is 2.08 bits per heavy atom. The molecule has 25 heavy (non-hydrogen) atoms. The van der Waals surface area contributed by atoms with Gasteiger partial charge in [-0.05, 0) is 38.0 Å².